The summed E-state index contributed by atoms with van der Waals surface area (Å²) in [5.74, 6) is 0.941. The third-order valence-electron chi connectivity index (χ3n) is 2.81. The van der Waals surface area contributed by atoms with E-state index < -0.39 is 0 Å². The predicted molar refractivity (Wildman–Crippen MR) is 70.9 cm³/mol. The Kier molecular flexibility index (Phi) is 3.02. The molecule has 3 rings (SSSR count). The molecule has 1 aromatic carbocycles. The summed E-state index contributed by atoms with van der Waals surface area (Å²) in [5, 5.41) is 4.49. The minimum atomic E-state index is 0.724. The highest BCUT2D eigenvalue weighted by Gasteiger charge is 1.98. The fourth-order valence-electron chi connectivity index (χ4n) is 1.91. The number of fused-ring (bicyclic) bond motifs is 1. The van der Waals surface area contributed by atoms with Crippen LogP contribution in [0.2, 0.25) is 0 Å². The molecule has 0 fully saturated rings. The van der Waals surface area contributed by atoms with Gasteiger partial charge in [-0.3, -0.25) is 4.98 Å². The summed E-state index contributed by atoms with van der Waals surface area (Å²) in [6, 6.07) is 12.3. The van der Waals surface area contributed by atoms with Gasteiger partial charge in [-0.1, -0.05) is 24.3 Å². The second-order valence-corrected chi connectivity index (χ2v) is 4.13. The molecule has 0 aliphatic rings. The first-order chi connectivity index (χ1) is 8.92. The van der Waals surface area contributed by atoms with Crippen LogP contribution >= 0.6 is 0 Å². The summed E-state index contributed by atoms with van der Waals surface area (Å²) in [6.45, 7) is 1.47. The summed E-state index contributed by atoms with van der Waals surface area (Å²) in [6.07, 6.45) is 3.58. The Morgan fingerprint density at radius 3 is 2.89 bits per heavy atom. The molecule has 0 saturated heterocycles. The Balaban J connectivity index is 1.67. The van der Waals surface area contributed by atoms with Gasteiger partial charge in [0, 0.05) is 24.3 Å². The maximum absolute atomic E-state index is 4.60. The lowest BCUT2D eigenvalue weighted by atomic mass is 10.2. The number of imidazole rings is 1. The number of aromatic amines is 1. The normalized spacial score (nSPS) is 10.9. The number of nitrogens with one attached hydrogen (secondary N) is 2. The first-order valence-electron chi connectivity index (χ1n) is 5.95. The first kappa shape index (κ1) is 10.9. The summed E-state index contributed by atoms with van der Waals surface area (Å²) < 4.78 is 0. The third kappa shape index (κ3) is 2.38. The van der Waals surface area contributed by atoms with Crippen LogP contribution in [0.3, 0.4) is 0 Å². The Labute approximate surface area is 105 Å². The second-order valence-electron chi connectivity index (χ2n) is 4.13. The van der Waals surface area contributed by atoms with Crippen LogP contribution < -0.4 is 5.32 Å². The zero-order chi connectivity index (χ0) is 12.2. The molecule has 0 unspecified atom stereocenters. The molecule has 0 bridgehead atoms. The van der Waals surface area contributed by atoms with Crippen molar-refractivity contribution in [1.29, 1.82) is 0 Å². The van der Waals surface area contributed by atoms with Crippen molar-refractivity contribution in [2.24, 2.45) is 0 Å². The average molecular weight is 238 g/mol. The standard InChI is InChI=1S/C14H14N4/c1-2-4-13-11(3-1)5-6-12(18-13)9-15-10-14-16-7-8-17-14/h1-8,15H,9-10H2,(H,16,17). The van der Waals surface area contributed by atoms with E-state index in [1.807, 2.05) is 24.4 Å². The lowest BCUT2D eigenvalue weighted by molar-refractivity contribution is 0.659. The monoisotopic (exact) mass is 238 g/mol. The molecule has 2 N–H and O–H groups in total. The Morgan fingerprint density at radius 1 is 1.06 bits per heavy atom. The van der Waals surface area contributed by atoms with Crippen molar-refractivity contribution in [3.63, 3.8) is 0 Å². The molecule has 4 nitrogen and oxygen atoms in total. The second kappa shape index (κ2) is 4.98. The third-order valence-corrected chi connectivity index (χ3v) is 2.81. The van der Waals surface area contributed by atoms with Crippen LogP contribution in [0.5, 0.6) is 0 Å². The molecule has 0 aliphatic heterocycles. The van der Waals surface area contributed by atoms with Crippen LogP contribution in [0.1, 0.15) is 11.5 Å². The molecule has 0 radical (unpaired) electrons. The number of benzene rings is 1. The van der Waals surface area contributed by atoms with Crippen LogP contribution in [0.15, 0.2) is 48.8 Å². The van der Waals surface area contributed by atoms with Gasteiger partial charge in [-0.05, 0) is 12.1 Å². The first-order valence-corrected chi connectivity index (χ1v) is 5.95. The molecule has 18 heavy (non-hydrogen) atoms. The summed E-state index contributed by atoms with van der Waals surface area (Å²) in [5.41, 5.74) is 2.08. The van der Waals surface area contributed by atoms with E-state index in [4.69, 9.17) is 0 Å². The molecule has 0 atom stereocenters. The van der Waals surface area contributed by atoms with E-state index in [2.05, 4.69) is 38.5 Å². The average Bonchev–Trinajstić information content (AvgIpc) is 2.92. The molecule has 90 valence electrons. The molecular formula is C14H14N4. The fourth-order valence-corrected chi connectivity index (χ4v) is 1.91. The predicted octanol–water partition coefficient (Wildman–Crippen LogP) is 2.25. The van der Waals surface area contributed by atoms with E-state index in [0.29, 0.717) is 0 Å². The maximum Gasteiger partial charge on any atom is 0.120 e. The Hall–Kier alpha value is -2.20. The lowest BCUT2D eigenvalue weighted by Crippen LogP contribution is -2.14. The van der Waals surface area contributed by atoms with E-state index in [1.165, 1.54) is 5.39 Å². The SMILES string of the molecule is c1ccc2nc(CNCc3ncc[nH]3)ccc2c1. The van der Waals surface area contributed by atoms with Gasteiger partial charge in [0.2, 0.25) is 0 Å². The number of H-pyrrole nitrogens is 1. The molecule has 0 aliphatic carbocycles. The summed E-state index contributed by atoms with van der Waals surface area (Å²) in [4.78, 5) is 11.8. The van der Waals surface area contributed by atoms with Gasteiger partial charge in [0.25, 0.3) is 0 Å². The number of para-hydroxylation sites is 1. The highest BCUT2D eigenvalue weighted by molar-refractivity contribution is 5.78. The van der Waals surface area contributed by atoms with Gasteiger partial charge in [0.15, 0.2) is 0 Å². The minimum absolute atomic E-state index is 0.724. The number of hydrogen-bond donors (Lipinski definition) is 2. The highest BCUT2D eigenvalue weighted by Crippen LogP contribution is 2.11. The Morgan fingerprint density at radius 2 is 2.00 bits per heavy atom. The highest BCUT2D eigenvalue weighted by atomic mass is 15.0. The molecule has 4 heteroatoms. The van der Waals surface area contributed by atoms with E-state index in [1.54, 1.807) is 6.20 Å². The van der Waals surface area contributed by atoms with Gasteiger partial charge in [0.1, 0.15) is 5.82 Å². The van der Waals surface area contributed by atoms with Gasteiger partial charge in [-0.2, -0.15) is 0 Å². The minimum Gasteiger partial charge on any atom is -0.348 e. The lowest BCUT2D eigenvalue weighted by Gasteiger charge is -2.04. The van der Waals surface area contributed by atoms with Crippen LogP contribution in [0.4, 0.5) is 0 Å². The van der Waals surface area contributed by atoms with Crippen LogP contribution in [-0.2, 0) is 13.1 Å². The van der Waals surface area contributed by atoms with Crippen molar-refractivity contribution >= 4 is 10.9 Å². The molecule has 0 spiro atoms. The quantitative estimate of drug-likeness (QED) is 0.733. The van der Waals surface area contributed by atoms with Crippen molar-refractivity contribution in [1.82, 2.24) is 20.3 Å². The van der Waals surface area contributed by atoms with Crippen molar-refractivity contribution in [3.05, 3.63) is 60.3 Å². The van der Waals surface area contributed by atoms with E-state index in [0.717, 1.165) is 30.1 Å². The van der Waals surface area contributed by atoms with Gasteiger partial charge >= 0.3 is 0 Å². The van der Waals surface area contributed by atoms with Crippen LogP contribution in [0.25, 0.3) is 10.9 Å². The van der Waals surface area contributed by atoms with E-state index in [-0.39, 0.29) is 0 Å². The molecular weight excluding hydrogens is 224 g/mol. The number of nitrogens with zero attached hydrogens (tertiary/aromatic N) is 2. The number of rotatable bonds is 4. The van der Waals surface area contributed by atoms with E-state index in [9.17, 15) is 0 Å². The molecule has 2 aromatic heterocycles. The summed E-state index contributed by atoms with van der Waals surface area (Å²) in [7, 11) is 0. The van der Waals surface area contributed by atoms with Crippen LogP contribution in [-0.4, -0.2) is 15.0 Å². The molecule has 3 aromatic rings. The maximum atomic E-state index is 4.60. The molecule has 0 amide bonds. The van der Waals surface area contributed by atoms with Gasteiger partial charge < -0.3 is 10.3 Å². The van der Waals surface area contributed by atoms with Gasteiger partial charge in [-0.15, -0.1) is 0 Å². The fraction of sp³-hybridized carbons (Fsp3) is 0.143. The van der Waals surface area contributed by atoms with Crippen molar-refractivity contribution in [3.8, 4) is 0 Å². The topological polar surface area (TPSA) is 53.6 Å². The smallest absolute Gasteiger partial charge is 0.120 e. The van der Waals surface area contributed by atoms with Gasteiger partial charge in [-0.25, -0.2) is 4.98 Å². The number of hydrogen-bond acceptors (Lipinski definition) is 3. The zero-order valence-electron chi connectivity index (χ0n) is 9.93. The number of aromatic nitrogens is 3. The molecule has 0 saturated carbocycles. The largest absolute Gasteiger partial charge is 0.348 e. The van der Waals surface area contributed by atoms with Crippen molar-refractivity contribution in [2.75, 3.05) is 0 Å². The van der Waals surface area contributed by atoms with Gasteiger partial charge in [0.05, 0.1) is 17.8 Å². The van der Waals surface area contributed by atoms with E-state index >= 15 is 0 Å². The number of pyridine rings is 1. The summed E-state index contributed by atoms with van der Waals surface area (Å²) >= 11 is 0. The molecule has 2 heterocycles. The van der Waals surface area contributed by atoms with Crippen LogP contribution in [0, 0.1) is 0 Å². The zero-order valence-corrected chi connectivity index (χ0v) is 9.93. The Bertz CT molecular complexity index is 631. The van der Waals surface area contributed by atoms with Crippen molar-refractivity contribution in [2.45, 2.75) is 13.1 Å². The van der Waals surface area contributed by atoms with Crippen molar-refractivity contribution < 1.29 is 0 Å².